The van der Waals surface area contributed by atoms with Crippen LogP contribution in [0, 0.1) is 6.92 Å². The first kappa shape index (κ1) is 18.4. The van der Waals surface area contributed by atoms with E-state index in [2.05, 4.69) is 33.9 Å². The van der Waals surface area contributed by atoms with Crippen LogP contribution in [-0.2, 0) is 6.61 Å². The molecular formula is C21H21NO5. The van der Waals surface area contributed by atoms with E-state index >= 15 is 0 Å². The molecule has 0 atom stereocenters. The highest BCUT2D eigenvalue weighted by atomic mass is 16.7. The standard InChI is InChI=1S/C21H21NO5/c1-14-17(12-20(26-14)27-21(23)24)13-25-19-10-6-16(7-11-19)15-4-8-18(9-5-15)22(2)3/h4-12H,13H2,1-3H3,(H,23,24). The molecule has 0 bridgehead atoms. The van der Waals surface area contributed by atoms with Gasteiger partial charge in [-0.3, -0.25) is 0 Å². The molecule has 0 saturated carbocycles. The molecular weight excluding hydrogens is 346 g/mol. The third kappa shape index (κ3) is 4.61. The Morgan fingerprint density at radius 1 is 1.04 bits per heavy atom. The lowest BCUT2D eigenvalue weighted by Crippen LogP contribution is -2.07. The van der Waals surface area contributed by atoms with Crippen LogP contribution in [0.15, 0.2) is 59.0 Å². The predicted octanol–water partition coefficient (Wildman–Crippen LogP) is 4.96. The molecule has 0 amide bonds. The molecule has 0 saturated heterocycles. The van der Waals surface area contributed by atoms with E-state index in [1.807, 2.05) is 38.4 Å². The molecule has 1 aromatic heterocycles. The summed E-state index contributed by atoms with van der Waals surface area (Å²) < 4.78 is 15.5. The molecule has 6 nitrogen and oxygen atoms in total. The summed E-state index contributed by atoms with van der Waals surface area (Å²) in [5.41, 5.74) is 4.12. The van der Waals surface area contributed by atoms with Crippen LogP contribution in [0.25, 0.3) is 11.1 Å². The smallest absolute Gasteiger partial charge is 0.489 e. The van der Waals surface area contributed by atoms with E-state index in [0.717, 1.165) is 22.4 Å². The Hall–Kier alpha value is -3.41. The highest BCUT2D eigenvalue weighted by Gasteiger charge is 2.12. The number of hydrogen-bond acceptors (Lipinski definition) is 5. The Labute approximate surface area is 157 Å². The molecule has 2 aromatic carbocycles. The summed E-state index contributed by atoms with van der Waals surface area (Å²) in [4.78, 5) is 12.6. The minimum absolute atomic E-state index is 0.0601. The summed E-state index contributed by atoms with van der Waals surface area (Å²) >= 11 is 0. The largest absolute Gasteiger partial charge is 0.513 e. The monoisotopic (exact) mass is 367 g/mol. The van der Waals surface area contributed by atoms with Crippen molar-refractivity contribution < 1.29 is 23.8 Å². The first-order valence-electron chi connectivity index (χ1n) is 8.43. The highest BCUT2D eigenvalue weighted by Crippen LogP contribution is 2.26. The van der Waals surface area contributed by atoms with Crippen molar-refractivity contribution in [1.82, 2.24) is 0 Å². The molecule has 1 heterocycles. The van der Waals surface area contributed by atoms with Crippen molar-refractivity contribution in [3.8, 4) is 22.8 Å². The Kier molecular flexibility index (Phi) is 5.35. The molecule has 6 heteroatoms. The number of aryl methyl sites for hydroxylation is 1. The van der Waals surface area contributed by atoms with E-state index in [1.54, 1.807) is 6.92 Å². The zero-order valence-corrected chi connectivity index (χ0v) is 15.4. The summed E-state index contributed by atoms with van der Waals surface area (Å²) in [5, 5.41) is 8.62. The van der Waals surface area contributed by atoms with Gasteiger partial charge in [0.1, 0.15) is 18.1 Å². The van der Waals surface area contributed by atoms with Crippen LogP contribution in [-0.4, -0.2) is 25.4 Å². The van der Waals surface area contributed by atoms with Crippen LogP contribution in [0.2, 0.25) is 0 Å². The molecule has 27 heavy (non-hydrogen) atoms. The van der Waals surface area contributed by atoms with Gasteiger partial charge in [-0.2, -0.15) is 0 Å². The number of nitrogens with zero attached hydrogens (tertiary/aromatic N) is 1. The average Bonchev–Trinajstić information content (AvgIpc) is 2.99. The number of furan rings is 1. The SMILES string of the molecule is Cc1oc(OC(=O)O)cc1COc1ccc(-c2ccc(N(C)C)cc2)cc1. The van der Waals surface area contributed by atoms with Gasteiger partial charge in [0.15, 0.2) is 0 Å². The van der Waals surface area contributed by atoms with E-state index in [-0.39, 0.29) is 12.6 Å². The zero-order valence-electron chi connectivity index (χ0n) is 15.4. The summed E-state index contributed by atoms with van der Waals surface area (Å²) in [5.74, 6) is 1.21. The van der Waals surface area contributed by atoms with Gasteiger partial charge in [0.05, 0.1) is 0 Å². The third-order valence-electron chi connectivity index (χ3n) is 4.15. The van der Waals surface area contributed by atoms with E-state index < -0.39 is 6.16 Å². The lowest BCUT2D eigenvalue weighted by Gasteiger charge is -2.13. The normalized spacial score (nSPS) is 10.5. The van der Waals surface area contributed by atoms with Gasteiger partial charge in [-0.15, -0.1) is 0 Å². The van der Waals surface area contributed by atoms with Gasteiger partial charge in [0, 0.05) is 31.4 Å². The topological polar surface area (TPSA) is 72.1 Å². The molecule has 3 aromatic rings. The second-order valence-corrected chi connectivity index (χ2v) is 6.27. The first-order chi connectivity index (χ1) is 12.9. The second kappa shape index (κ2) is 7.86. The van der Waals surface area contributed by atoms with Crippen molar-refractivity contribution in [2.75, 3.05) is 19.0 Å². The Morgan fingerprint density at radius 3 is 2.19 bits per heavy atom. The van der Waals surface area contributed by atoms with Crippen molar-refractivity contribution in [1.29, 1.82) is 0 Å². The lowest BCUT2D eigenvalue weighted by molar-refractivity contribution is 0.132. The second-order valence-electron chi connectivity index (χ2n) is 6.27. The van der Waals surface area contributed by atoms with Gasteiger partial charge in [0.25, 0.3) is 5.95 Å². The number of carbonyl (C=O) groups is 1. The Morgan fingerprint density at radius 2 is 1.63 bits per heavy atom. The Bertz CT molecular complexity index is 911. The minimum Gasteiger partial charge on any atom is -0.489 e. The summed E-state index contributed by atoms with van der Waals surface area (Å²) in [7, 11) is 4.03. The summed E-state index contributed by atoms with van der Waals surface area (Å²) in [6, 6.07) is 17.7. The molecule has 0 spiro atoms. The van der Waals surface area contributed by atoms with E-state index in [4.69, 9.17) is 14.3 Å². The molecule has 0 radical (unpaired) electrons. The van der Waals surface area contributed by atoms with Crippen molar-refractivity contribution in [3.63, 3.8) is 0 Å². The molecule has 0 unspecified atom stereocenters. The Balaban J connectivity index is 1.64. The number of hydrogen-bond donors (Lipinski definition) is 1. The van der Waals surface area contributed by atoms with Gasteiger partial charge in [0.2, 0.25) is 0 Å². The fourth-order valence-electron chi connectivity index (χ4n) is 2.63. The maximum atomic E-state index is 10.6. The number of ether oxygens (including phenoxy) is 2. The quantitative estimate of drug-likeness (QED) is 0.621. The fourth-order valence-corrected chi connectivity index (χ4v) is 2.63. The van der Waals surface area contributed by atoms with Gasteiger partial charge in [-0.1, -0.05) is 24.3 Å². The zero-order chi connectivity index (χ0) is 19.4. The summed E-state index contributed by atoms with van der Waals surface area (Å²) in [6.07, 6.45) is -1.41. The minimum atomic E-state index is -1.41. The van der Waals surface area contributed by atoms with E-state index in [0.29, 0.717) is 11.5 Å². The lowest BCUT2D eigenvalue weighted by atomic mass is 10.1. The molecule has 0 aliphatic rings. The van der Waals surface area contributed by atoms with Crippen molar-refractivity contribution in [2.45, 2.75) is 13.5 Å². The fraction of sp³-hybridized carbons (Fsp3) is 0.190. The van der Waals surface area contributed by atoms with Crippen LogP contribution in [0.3, 0.4) is 0 Å². The maximum absolute atomic E-state index is 10.6. The van der Waals surface area contributed by atoms with Gasteiger partial charge in [-0.05, 0) is 42.3 Å². The predicted molar refractivity (Wildman–Crippen MR) is 103 cm³/mol. The number of benzene rings is 2. The van der Waals surface area contributed by atoms with Crippen LogP contribution >= 0.6 is 0 Å². The molecule has 1 N–H and O–H groups in total. The maximum Gasteiger partial charge on any atom is 0.513 e. The van der Waals surface area contributed by atoms with E-state index in [1.165, 1.54) is 6.07 Å². The molecule has 0 fully saturated rings. The van der Waals surface area contributed by atoms with Crippen LogP contribution in [0.4, 0.5) is 10.5 Å². The molecule has 0 aliphatic carbocycles. The van der Waals surface area contributed by atoms with Gasteiger partial charge < -0.3 is 23.9 Å². The van der Waals surface area contributed by atoms with Crippen LogP contribution in [0.5, 0.6) is 11.7 Å². The van der Waals surface area contributed by atoms with Crippen molar-refractivity contribution in [2.24, 2.45) is 0 Å². The average molecular weight is 367 g/mol. The van der Waals surface area contributed by atoms with E-state index in [9.17, 15) is 4.79 Å². The van der Waals surface area contributed by atoms with Crippen LogP contribution in [0.1, 0.15) is 11.3 Å². The third-order valence-corrected chi connectivity index (χ3v) is 4.15. The molecule has 0 aliphatic heterocycles. The molecule has 3 rings (SSSR count). The van der Waals surface area contributed by atoms with Gasteiger partial charge in [-0.25, -0.2) is 4.79 Å². The first-order valence-corrected chi connectivity index (χ1v) is 8.43. The van der Waals surface area contributed by atoms with Crippen molar-refractivity contribution >= 4 is 11.8 Å². The number of carboxylic acid groups (broad SMARTS) is 1. The van der Waals surface area contributed by atoms with Crippen LogP contribution < -0.4 is 14.4 Å². The molecule has 140 valence electrons. The summed E-state index contributed by atoms with van der Waals surface area (Å²) in [6.45, 7) is 1.99. The highest BCUT2D eigenvalue weighted by molar-refractivity contribution is 5.66. The van der Waals surface area contributed by atoms with Gasteiger partial charge >= 0.3 is 6.16 Å². The number of rotatable bonds is 6. The van der Waals surface area contributed by atoms with Crippen molar-refractivity contribution in [3.05, 3.63) is 65.9 Å². The number of anilines is 1.